The largest absolute Gasteiger partial charge is 0.381 e. The van der Waals surface area contributed by atoms with Crippen molar-refractivity contribution in [3.05, 3.63) is 0 Å². The lowest BCUT2D eigenvalue weighted by Gasteiger charge is -2.30. The summed E-state index contributed by atoms with van der Waals surface area (Å²) in [5.74, 6) is 0.798. The molecule has 0 unspecified atom stereocenters. The number of hydrogen-bond donors (Lipinski definition) is 1. The first-order chi connectivity index (χ1) is 6.95. The number of rotatable bonds is 3. The van der Waals surface area contributed by atoms with E-state index in [1.807, 2.05) is 0 Å². The Labute approximate surface area is 85.5 Å². The lowest BCUT2D eigenvalue weighted by molar-refractivity contribution is 0.00222. The molecule has 82 valence electrons. The van der Waals surface area contributed by atoms with Gasteiger partial charge in [0, 0.05) is 32.8 Å². The van der Waals surface area contributed by atoms with Gasteiger partial charge in [0.2, 0.25) is 0 Å². The van der Waals surface area contributed by atoms with Crippen LogP contribution in [0.2, 0.25) is 0 Å². The highest BCUT2D eigenvalue weighted by molar-refractivity contribution is 4.66. The number of hydrogen-bond acceptors (Lipinski definition) is 4. The molecule has 0 aromatic carbocycles. The molecule has 0 aromatic heterocycles. The van der Waals surface area contributed by atoms with Crippen LogP contribution in [-0.2, 0) is 9.47 Å². The Kier molecular flexibility index (Phi) is 4.19. The van der Waals surface area contributed by atoms with E-state index in [0.29, 0.717) is 0 Å². The predicted octanol–water partition coefficient (Wildman–Crippen LogP) is 0.250. The van der Waals surface area contributed by atoms with Crippen molar-refractivity contribution in [2.45, 2.75) is 12.8 Å². The van der Waals surface area contributed by atoms with Gasteiger partial charge < -0.3 is 9.47 Å². The van der Waals surface area contributed by atoms with Crippen LogP contribution in [0.25, 0.3) is 0 Å². The fourth-order valence-corrected chi connectivity index (χ4v) is 1.93. The van der Waals surface area contributed by atoms with Gasteiger partial charge in [-0.2, -0.15) is 0 Å². The van der Waals surface area contributed by atoms with Gasteiger partial charge in [0.1, 0.15) is 0 Å². The van der Waals surface area contributed by atoms with Crippen molar-refractivity contribution in [2.24, 2.45) is 5.92 Å². The molecule has 14 heavy (non-hydrogen) atoms. The summed E-state index contributed by atoms with van der Waals surface area (Å²) < 4.78 is 10.6. The first-order valence-corrected chi connectivity index (χ1v) is 5.59. The van der Waals surface area contributed by atoms with Gasteiger partial charge in [-0.15, -0.1) is 0 Å². The van der Waals surface area contributed by atoms with Crippen molar-refractivity contribution < 1.29 is 9.47 Å². The zero-order valence-electron chi connectivity index (χ0n) is 8.71. The summed E-state index contributed by atoms with van der Waals surface area (Å²) in [6, 6.07) is 0. The van der Waals surface area contributed by atoms with Crippen LogP contribution in [0.4, 0.5) is 0 Å². The van der Waals surface area contributed by atoms with Crippen molar-refractivity contribution in [3.8, 4) is 0 Å². The monoisotopic (exact) mass is 200 g/mol. The van der Waals surface area contributed by atoms with Crippen molar-refractivity contribution in [1.82, 2.24) is 10.4 Å². The number of nitrogens with one attached hydrogen (secondary N) is 1. The molecule has 0 aliphatic carbocycles. The molecule has 2 fully saturated rings. The van der Waals surface area contributed by atoms with Gasteiger partial charge in [0.25, 0.3) is 0 Å². The molecule has 2 saturated heterocycles. The van der Waals surface area contributed by atoms with E-state index in [1.54, 1.807) is 0 Å². The average Bonchev–Trinajstić information content (AvgIpc) is 2.29. The van der Waals surface area contributed by atoms with Crippen LogP contribution in [0.15, 0.2) is 0 Å². The second-order valence-corrected chi connectivity index (χ2v) is 4.02. The summed E-state index contributed by atoms with van der Waals surface area (Å²) >= 11 is 0. The molecule has 2 rings (SSSR count). The van der Waals surface area contributed by atoms with Gasteiger partial charge in [0.15, 0.2) is 0 Å². The Morgan fingerprint density at radius 2 is 1.64 bits per heavy atom. The summed E-state index contributed by atoms with van der Waals surface area (Å²) in [4.78, 5) is 0. The zero-order chi connectivity index (χ0) is 9.64. The second kappa shape index (κ2) is 5.66. The molecule has 0 saturated carbocycles. The molecule has 2 aliphatic heterocycles. The molecular formula is C10H20N2O2. The molecular weight excluding hydrogens is 180 g/mol. The average molecular weight is 200 g/mol. The zero-order valence-corrected chi connectivity index (χ0v) is 8.71. The first kappa shape index (κ1) is 10.4. The molecule has 0 radical (unpaired) electrons. The van der Waals surface area contributed by atoms with E-state index in [1.165, 1.54) is 12.8 Å². The fourth-order valence-electron chi connectivity index (χ4n) is 1.93. The quantitative estimate of drug-likeness (QED) is 0.708. The van der Waals surface area contributed by atoms with Crippen LogP contribution in [0.1, 0.15) is 12.8 Å². The van der Waals surface area contributed by atoms with Crippen molar-refractivity contribution in [2.75, 3.05) is 46.1 Å². The molecule has 4 heteroatoms. The highest BCUT2D eigenvalue weighted by atomic mass is 16.5. The fraction of sp³-hybridized carbons (Fsp3) is 1.00. The van der Waals surface area contributed by atoms with Crippen LogP contribution in [0, 0.1) is 5.92 Å². The predicted molar refractivity (Wildman–Crippen MR) is 53.9 cm³/mol. The standard InChI is InChI=1S/C10H20N2O2/c1-5-13-6-2-10(1)9-11-12-3-7-14-8-4-12/h10-11H,1-9H2. The number of hydrazine groups is 1. The molecule has 2 aliphatic rings. The van der Waals surface area contributed by atoms with E-state index >= 15 is 0 Å². The Balaban J connectivity index is 1.60. The normalized spacial score (nSPS) is 26.6. The number of ether oxygens (including phenoxy) is 2. The molecule has 0 amide bonds. The first-order valence-electron chi connectivity index (χ1n) is 5.59. The van der Waals surface area contributed by atoms with Gasteiger partial charge in [-0.25, -0.2) is 5.01 Å². The number of nitrogens with zero attached hydrogens (tertiary/aromatic N) is 1. The van der Waals surface area contributed by atoms with Crippen LogP contribution >= 0.6 is 0 Å². The smallest absolute Gasteiger partial charge is 0.0608 e. The maximum absolute atomic E-state index is 5.33. The molecule has 4 nitrogen and oxygen atoms in total. The maximum Gasteiger partial charge on any atom is 0.0608 e. The summed E-state index contributed by atoms with van der Waals surface area (Å²) in [6.07, 6.45) is 2.41. The topological polar surface area (TPSA) is 33.7 Å². The van der Waals surface area contributed by atoms with E-state index in [9.17, 15) is 0 Å². The summed E-state index contributed by atoms with van der Waals surface area (Å²) in [7, 11) is 0. The van der Waals surface area contributed by atoms with E-state index in [4.69, 9.17) is 9.47 Å². The lowest BCUT2D eigenvalue weighted by atomic mass is 10.0. The molecule has 1 N–H and O–H groups in total. The molecule has 2 heterocycles. The maximum atomic E-state index is 5.33. The third-order valence-corrected chi connectivity index (χ3v) is 2.96. The van der Waals surface area contributed by atoms with E-state index in [0.717, 1.165) is 52.0 Å². The van der Waals surface area contributed by atoms with Crippen molar-refractivity contribution in [3.63, 3.8) is 0 Å². The summed E-state index contributed by atoms with van der Waals surface area (Å²) in [5, 5.41) is 2.28. The Bertz CT molecular complexity index is 136. The minimum atomic E-state index is 0.798. The van der Waals surface area contributed by atoms with Crippen molar-refractivity contribution >= 4 is 0 Å². The Morgan fingerprint density at radius 1 is 1.00 bits per heavy atom. The SMILES string of the molecule is C1CC(CNN2CCOCC2)CCO1. The molecule has 0 bridgehead atoms. The van der Waals surface area contributed by atoms with Crippen LogP contribution in [-0.4, -0.2) is 51.1 Å². The Hall–Kier alpha value is -0.160. The number of morpholine rings is 1. The third-order valence-electron chi connectivity index (χ3n) is 2.96. The minimum Gasteiger partial charge on any atom is -0.381 e. The van der Waals surface area contributed by atoms with Gasteiger partial charge in [-0.3, -0.25) is 5.43 Å². The minimum absolute atomic E-state index is 0.798. The molecule has 0 aromatic rings. The van der Waals surface area contributed by atoms with Gasteiger partial charge >= 0.3 is 0 Å². The van der Waals surface area contributed by atoms with E-state index in [2.05, 4.69) is 10.4 Å². The van der Waals surface area contributed by atoms with E-state index < -0.39 is 0 Å². The lowest BCUT2D eigenvalue weighted by Crippen LogP contribution is -2.47. The van der Waals surface area contributed by atoms with Crippen LogP contribution in [0.3, 0.4) is 0 Å². The van der Waals surface area contributed by atoms with Crippen molar-refractivity contribution in [1.29, 1.82) is 0 Å². The third kappa shape index (κ3) is 3.20. The van der Waals surface area contributed by atoms with Crippen LogP contribution in [0.5, 0.6) is 0 Å². The molecule has 0 atom stereocenters. The van der Waals surface area contributed by atoms with Gasteiger partial charge in [-0.1, -0.05) is 0 Å². The Morgan fingerprint density at radius 3 is 2.36 bits per heavy atom. The highest BCUT2D eigenvalue weighted by Crippen LogP contribution is 2.13. The summed E-state index contributed by atoms with van der Waals surface area (Å²) in [6.45, 7) is 6.74. The second-order valence-electron chi connectivity index (χ2n) is 4.02. The van der Waals surface area contributed by atoms with Gasteiger partial charge in [0.05, 0.1) is 13.2 Å². The van der Waals surface area contributed by atoms with Gasteiger partial charge in [-0.05, 0) is 18.8 Å². The summed E-state index contributed by atoms with van der Waals surface area (Å²) in [5.41, 5.74) is 3.49. The highest BCUT2D eigenvalue weighted by Gasteiger charge is 2.15. The van der Waals surface area contributed by atoms with Crippen LogP contribution < -0.4 is 5.43 Å². The van der Waals surface area contributed by atoms with E-state index in [-0.39, 0.29) is 0 Å². The molecule has 0 spiro atoms.